The Morgan fingerprint density at radius 3 is 2.78 bits per heavy atom. The molecule has 32 heavy (non-hydrogen) atoms. The molecule has 0 aromatic heterocycles. The number of carbonyl (C=O) groups is 2. The molecule has 0 radical (unpaired) electrons. The predicted octanol–water partition coefficient (Wildman–Crippen LogP) is 3.30. The van der Waals surface area contributed by atoms with Crippen molar-refractivity contribution in [1.82, 2.24) is 4.90 Å². The number of terminal acetylenes is 1. The van der Waals surface area contributed by atoms with Gasteiger partial charge in [0.1, 0.15) is 0 Å². The van der Waals surface area contributed by atoms with Crippen LogP contribution < -0.4 is 10.2 Å². The number of nitrogens with zero attached hydrogens (tertiary/aromatic N) is 2. The van der Waals surface area contributed by atoms with Gasteiger partial charge < -0.3 is 19.6 Å². The highest BCUT2D eigenvalue weighted by molar-refractivity contribution is 5.87. The van der Waals surface area contributed by atoms with Crippen LogP contribution in [0.5, 0.6) is 0 Å². The zero-order valence-corrected chi connectivity index (χ0v) is 18.8. The average molecular weight is 440 g/mol. The number of aliphatic hydroxyl groups is 1. The quantitative estimate of drug-likeness (QED) is 0.704. The van der Waals surface area contributed by atoms with Crippen LogP contribution in [-0.2, 0) is 9.53 Å². The maximum Gasteiger partial charge on any atom is 0.412 e. The van der Waals surface area contributed by atoms with Gasteiger partial charge in [-0.05, 0) is 75.6 Å². The first-order chi connectivity index (χ1) is 15.4. The average Bonchev–Trinajstić information content (AvgIpc) is 3.09. The lowest BCUT2D eigenvalue weighted by Crippen LogP contribution is -2.50. The first kappa shape index (κ1) is 22.5. The van der Waals surface area contributed by atoms with E-state index in [4.69, 9.17) is 11.2 Å². The molecule has 7 nitrogen and oxygen atoms in total. The van der Waals surface area contributed by atoms with E-state index in [0.717, 1.165) is 75.8 Å². The van der Waals surface area contributed by atoms with E-state index in [9.17, 15) is 14.7 Å². The number of ether oxygens (including phenoxy) is 1. The SMILES string of the molecule is C#CCOC(=O)Nc1ccc(N2CCC[C@@]3(CCN(C4CCC(O)CC4)C3=O)C2)cc1C. The number of aliphatic hydroxyl groups excluding tert-OH is 1. The summed E-state index contributed by atoms with van der Waals surface area (Å²) in [7, 11) is 0. The third-order valence-electron chi connectivity index (χ3n) is 7.33. The van der Waals surface area contributed by atoms with E-state index < -0.39 is 6.09 Å². The summed E-state index contributed by atoms with van der Waals surface area (Å²) in [6.45, 7) is 4.36. The van der Waals surface area contributed by atoms with Crippen molar-refractivity contribution in [1.29, 1.82) is 0 Å². The van der Waals surface area contributed by atoms with E-state index in [-0.39, 0.29) is 24.2 Å². The fourth-order valence-corrected chi connectivity index (χ4v) is 5.53. The second-order valence-corrected chi connectivity index (χ2v) is 9.42. The van der Waals surface area contributed by atoms with Crippen LogP contribution in [0.2, 0.25) is 0 Å². The standard InChI is InChI=1S/C25H33N3O4/c1-3-15-32-24(31)26-22-10-7-20(16-18(22)2)27-13-4-11-25(17-27)12-14-28(23(25)30)19-5-8-21(29)9-6-19/h1,7,10,16,19,21,29H,4-6,8-9,11-15,17H2,2H3,(H,26,31)/t19?,21?,25-/m1/s1. The lowest BCUT2D eigenvalue weighted by Gasteiger charge is -2.41. The maximum atomic E-state index is 13.5. The molecule has 3 fully saturated rings. The van der Waals surface area contributed by atoms with Crippen LogP contribution in [0.25, 0.3) is 0 Å². The first-order valence-corrected chi connectivity index (χ1v) is 11.6. The zero-order valence-electron chi connectivity index (χ0n) is 18.8. The topological polar surface area (TPSA) is 82.1 Å². The van der Waals surface area contributed by atoms with Crippen LogP contribution in [0.4, 0.5) is 16.2 Å². The van der Waals surface area contributed by atoms with Crippen LogP contribution >= 0.6 is 0 Å². The Morgan fingerprint density at radius 1 is 1.28 bits per heavy atom. The fourth-order valence-electron chi connectivity index (χ4n) is 5.53. The molecule has 1 spiro atoms. The normalized spacial score (nSPS) is 28.0. The number of nitrogens with one attached hydrogen (secondary N) is 1. The molecule has 172 valence electrons. The second kappa shape index (κ2) is 9.41. The fraction of sp³-hybridized carbons (Fsp3) is 0.600. The van der Waals surface area contributed by atoms with Gasteiger partial charge in [-0.15, -0.1) is 6.42 Å². The third kappa shape index (κ3) is 4.56. The molecule has 1 aliphatic carbocycles. The number of rotatable bonds is 4. The van der Waals surface area contributed by atoms with Crippen molar-refractivity contribution in [2.24, 2.45) is 5.41 Å². The maximum absolute atomic E-state index is 13.5. The number of hydrogen-bond acceptors (Lipinski definition) is 5. The van der Waals surface area contributed by atoms with Gasteiger partial charge >= 0.3 is 6.09 Å². The summed E-state index contributed by atoms with van der Waals surface area (Å²) >= 11 is 0. The lowest BCUT2D eigenvalue weighted by atomic mass is 9.78. The molecule has 1 aromatic carbocycles. The molecule has 4 rings (SSSR count). The minimum Gasteiger partial charge on any atom is -0.436 e. The summed E-state index contributed by atoms with van der Waals surface area (Å²) < 4.78 is 4.89. The molecule has 3 aliphatic rings. The third-order valence-corrected chi connectivity index (χ3v) is 7.33. The summed E-state index contributed by atoms with van der Waals surface area (Å²) in [5, 5.41) is 12.5. The lowest BCUT2D eigenvalue weighted by molar-refractivity contribution is -0.139. The van der Waals surface area contributed by atoms with Gasteiger partial charge in [0.15, 0.2) is 6.61 Å². The molecular formula is C25H33N3O4. The highest BCUT2D eigenvalue weighted by Crippen LogP contribution is 2.43. The molecular weight excluding hydrogens is 406 g/mol. The van der Waals surface area contributed by atoms with Crippen molar-refractivity contribution in [3.63, 3.8) is 0 Å². The largest absolute Gasteiger partial charge is 0.436 e. The number of amides is 2. The van der Waals surface area contributed by atoms with E-state index in [0.29, 0.717) is 11.6 Å². The minimum absolute atomic E-state index is 0.0642. The smallest absolute Gasteiger partial charge is 0.412 e. The van der Waals surface area contributed by atoms with E-state index in [1.54, 1.807) is 0 Å². The molecule has 1 saturated carbocycles. The number of aryl methyl sites for hydroxylation is 1. The zero-order chi connectivity index (χ0) is 22.7. The summed E-state index contributed by atoms with van der Waals surface area (Å²) in [5.74, 6) is 2.57. The molecule has 7 heteroatoms. The molecule has 2 aliphatic heterocycles. The Kier molecular flexibility index (Phi) is 6.61. The summed E-state index contributed by atoms with van der Waals surface area (Å²) in [6.07, 6.45) is 10.6. The Balaban J connectivity index is 1.43. The van der Waals surface area contributed by atoms with Gasteiger partial charge in [-0.25, -0.2) is 4.79 Å². The first-order valence-electron chi connectivity index (χ1n) is 11.6. The van der Waals surface area contributed by atoms with Gasteiger partial charge in [0.2, 0.25) is 5.91 Å². The van der Waals surface area contributed by atoms with E-state index >= 15 is 0 Å². The Hall–Kier alpha value is -2.72. The van der Waals surface area contributed by atoms with Gasteiger partial charge in [-0.2, -0.15) is 0 Å². The number of anilines is 2. The monoisotopic (exact) mass is 439 g/mol. The highest BCUT2D eigenvalue weighted by Gasteiger charge is 2.50. The van der Waals surface area contributed by atoms with E-state index in [2.05, 4.69) is 27.1 Å². The van der Waals surface area contributed by atoms with Crippen molar-refractivity contribution in [3.8, 4) is 12.3 Å². The number of benzene rings is 1. The van der Waals surface area contributed by atoms with Crippen molar-refractivity contribution in [2.75, 3.05) is 36.5 Å². The molecule has 1 atom stereocenters. The van der Waals surface area contributed by atoms with Crippen LogP contribution in [0.3, 0.4) is 0 Å². The Labute approximate surface area is 190 Å². The van der Waals surface area contributed by atoms with Crippen molar-refractivity contribution >= 4 is 23.4 Å². The van der Waals surface area contributed by atoms with Crippen molar-refractivity contribution in [2.45, 2.75) is 64.0 Å². The molecule has 1 aromatic rings. The molecule has 2 amide bonds. The van der Waals surface area contributed by atoms with Crippen molar-refractivity contribution in [3.05, 3.63) is 23.8 Å². The van der Waals surface area contributed by atoms with Gasteiger partial charge in [0, 0.05) is 37.1 Å². The summed E-state index contributed by atoms with van der Waals surface area (Å²) in [5.41, 5.74) is 2.37. The van der Waals surface area contributed by atoms with Crippen LogP contribution in [0.1, 0.15) is 50.5 Å². The van der Waals surface area contributed by atoms with Crippen LogP contribution in [0, 0.1) is 24.7 Å². The molecule has 2 heterocycles. The minimum atomic E-state index is -0.567. The summed E-state index contributed by atoms with van der Waals surface area (Å²) in [6, 6.07) is 6.19. The van der Waals surface area contributed by atoms with Gasteiger partial charge in [-0.3, -0.25) is 10.1 Å². The van der Waals surface area contributed by atoms with Crippen LogP contribution in [-0.4, -0.2) is 60.4 Å². The number of carbonyl (C=O) groups excluding carboxylic acids is 2. The predicted molar refractivity (Wildman–Crippen MR) is 123 cm³/mol. The Bertz CT molecular complexity index is 903. The Morgan fingerprint density at radius 2 is 2.06 bits per heavy atom. The van der Waals surface area contributed by atoms with Gasteiger partial charge in [-0.1, -0.05) is 5.92 Å². The van der Waals surface area contributed by atoms with Crippen molar-refractivity contribution < 1.29 is 19.4 Å². The number of likely N-dealkylation sites (tertiary alicyclic amines) is 1. The molecule has 2 N–H and O–H groups in total. The number of piperidine rings is 1. The van der Waals surface area contributed by atoms with E-state index in [1.165, 1.54) is 0 Å². The van der Waals surface area contributed by atoms with Crippen LogP contribution in [0.15, 0.2) is 18.2 Å². The second-order valence-electron chi connectivity index (χ2n) is 9.42. The number of hydrogen-bond donors (Lipinski definition) is 2. The molecule has 0 unspecified atom stereocenters. The van der Waals surface area contributed by atoms with E-state index in [1.807, 2.05) is 19.1 Å². The molecule has 2 saturated heterocycles. The molecule has 0 bridgehead atoms. The summed E-state index contributed by atoms with van der Waals surface area (Å²) in [4.78, 5) is 29.7. The van der Waals surface area contributed by atoms with Gasteiger partial charge in [0.05, 0.1) is 11.5 Å². The highest BCUT2D eigenvalue weighted by atomic mass is 16.5. The van der Waals surface area contributed by atoms with Gasteiger partial charge in [0.25, 0.3) is 0 Å².